The van der Waals surface area contributed by atoms with Gasteiger partial charge in [0.1, 0.15) is 17.2 Å². The fourth-order valence-corrected chi connectivity index (χ4v) is 4.17. The van der Waals surface area contributed by atoms with Crippen LogP contribution in [0.25, 0.3) is 34.0 Å². The molecule has 0 atom stereocenters. The number of alkyl halides is 3. The summed E-state index contributed by atoms with van der Waals surface area (Å²) in [5, 5.41) is 7.28. The summed E-state index contributed by atoms with van der Waals surface area (Å²) in [6, 6.07) is 11.6. The van der Waals surface area contributed by atoms with Gasteiger partial charge in [-0.3, -0.25) is 4.79 Å². The van der Waals surface area contributed by atoms with Gasteiger partial charge in [-0.15, -0.1) is 0 Å². The summed E-state index contributed by atoms with van der Waals surface area (Å²) in [7, 11) is 0. The van der Waals surface area contributed by atoms with Crippen molar-refractivity contribution < 1.29 is 32.0 Å². The number of halogens is 4. The van der Waals surface area contributed by atoms with E-state index in [1.807, 2.05) is 0 Å². The summed E-state index contributed by atoms with van der Waals surface area (Å²) in [5.74, 6) is 0.611. The molecule has 0 aliphatic heterocycles. The molecule has 0 aliphatic rings. The second kappa shape index (κ2) is 12.2. The van der Waals surface area contributed by atoms with Crippen molar-refractivity contribution in [2.75, 3.05) is 18.5 Å². The Balaban J connectivity index is 1.53. The number of aromatic nitrogens is 3. The number of nitrogens with one attached hydrogen (secondary N) is 1. The molecule has 1 N–H and O–H groups in total. The largest absolute Gasteiger partial charge is 0.493 e. The first-order chi connectivity index (χ1) is 19.4. The minimum atomic E-state index is -4.53. The van der Waals surface area contributed by atoms with E-state index in [0.29, 0.717) is 16.9 Å². The van der Waals surface area contributed by atoms with Crippen LogP contribution in [0.15, 0.2) is 59.3 Å². The number of pyridine rings is 1. The molecule has 0 fully saturated rings. The second-order valence-corrected chi connectivity index (χ2v) is 10.3. The molecule has 0 aliphatic carbocycles. The van der Waals surface area contributed by atoms with Gasteiger partial charge in [0.15, 0.2) is 0 Å². The van der Waals surface area contributed by atoms with Crippen molar-refractivity contribution in [3.05, 3.63) is 65.3 Å². The first-order valence-electron chi connectivity index (χ1n) is 12.7. The summed E-state index contributed by atoms with van der Waals surface area (Å²) in [6.07, 6.45) is -2.90. The maximum absolute atomic E-state index is 13.6. The van der Waals surface area contributed by atoms with Crippen molar-refractivity contribution in [3.63, 3.8) is 0 Å². The Morgan fingerprint density at radius 3 is 2.49 bits per heavy atom. The maximum Gasteiger partial charge on any atom is 0.417 e. The highest BCUT2D eigenvalue weighted by molar-refractivity contribution is 6.33. The van der Waals surface area contributed by atoms with Gasteiger partial charge in [0, 0.05) is 29.4 Å². The molecule has 2 heterocycles. The number of hydrogen-bond acceptors (Lipinski definition) is 8. The van der Waals surface area contributed by atoms with Crippen molar-refractivity contribution >= 4 is 23.4 Å². The van der Waals surface area contributed by atoms with Gasteiger partial charge in [-0.05, 0) is 63.6 Å². The third kappa shape index (κ3) is 7.55. The Hall–Kier alpha value is -4.12. The van der Waals surface area contributed by atoms with Crippen LogP contribution in [-0.4, -0.2) is 39.8 Å². The van der Waals surface area contributed by atoms with Crippen molar-refractivity contribution in [1.29, 1.82) is 0 Å². The standard InChI is InChI=1S/C29H28ClF3N4O4/c1-5-39-23-15-17(10-11-20(23)19-8-6-7-9-21(19)29(31,32)33)27-36-25(37-41-27)18-14-22(30)26(35-16-18)34-13-12-24(38)40-28(2,3)4/h6-11,14-16H,5,12-13H2,1-4H3,(H,34,35). The molecule has 0 bridgehead atoms. The van der Waals surface area contributed by atoms with Crippen molar-refractivity contribution in [2.45, 2.75) is 45.9 Å². The van der Waals surface area contributed by atoms with Crippen molar-refractivity contribution in [2.24, 2.45) is 0 Å². The Morgan fingerprint density at radius 1 is 1.05 bits per heavy atom. The second-order valence-electron chi connectivity index (χ2n) is 9.93. The van der Waals surface area contributed by atoms with Gasteiger partial charge >= 0.3 is 12.1 Å². The molecule has 4 aromatic rings. The fourth-order valence-electron chi connectivity index (χ4n) is 3.94. The van der Waals surface area contributed by atoms with Gasteiger partial charge in [0.05, 0.1) is 23.6 Å². The van der Waals surface area contributed by atoms with Gasteiger partial charge < -0.3 is 19.3 Å². The zero-order chi connectivity index (χ0) is 29.8. The van der Waals surface area contributed by atoms with E-state index in [1.54, 1.807) is 52.0 Å². The lowest BCUT2D eigenvalue weighted by atomic mass is 9.97. The Bertz CT molecular complexity index is 1530. The number of anilines is 1. The van der Waals surface area contributed by atoms with Crippen LogP contribution in [0.4, 0.5) is 19.0 Å². The molecule has 2 aromatic heterocycles. The molecule has 2 aromatic carbocycles. The van der Waals surface area contributed by atoms with Gasteiger partial charge in [-0.2, -0.15) is 18.2 Å². The summed E-state index contributed by atoms with van der Waals surface area (Å²) in [4.78, 5) is 20.6. The molecule has 0 radical (unpaired) electrons. The summed E-state index contributed by atoms with van der Waals surface area (Å²) in [5.41, 5.74) is -0.108. The molecule has 0 saturated heterocycles. The lowest BCUT2D eigenvalue weighted by Crippen LogP contribution is -2.25. The first-order valence-corrected chi connectivity index (χ1v) is 13.1. The lowest BCUT2D eigenvalue weighted by molar-refractivity contribution is -0.154. The van der Waals surface area contributed by atoms with E-state index in [0.717, 1.165) is 6.07 Å². The number of ether oxygens (including phenoxy) is 2. The van der Waals surface area contributed by atoms with Gasteiger partial charge in [-0.1, -0.05) is 35.0 Å². The monoisotopic (exact) mass is 588 g/mol. The van der Waals surface area contributed by atoms with Gasteiger partial charge in [-0.25, -0.2) is 4.98 Å². The molecule has 0 spiro atoms. The molecule has 0 amide bonds. The Morgan fingerprint density at radius 2 is 1.80 bits per heavy atom. The van der Waals surface area contributed by atoms with Gasteiger partial charge in [0.2, 0.25) is 5.82 Å². The third-order valence-corrected chi connectivity index (χ3v) is 5.91. The SMILES string of the molecule is CCOc1cc(-c2nc(-c3cnc(NCCC(=O)OC(C)(C)C)c(Cl)c3)no2)ccc1-c1ccccc1C(F)(F)F. The Kier molecular flexibility index (Phi) is 8.86. The summed E-state index contributed by atoms with van der Waals surface area (Å²) in [6.45, 7) is 7.64. The van der Waals surface area contributed by atoms with Crippen LogP contribution < -0.4 is 10.1 Å². The number of esters is 1. The van der Waals surface area contributed by atoms with Crippen LogP contribution in [-0.2, 0) is 15.7 Å². The number of benzene rings is 2. The van der Waals surface area contributed by atoms with Gasteiger partial charge in [0.25, 0.3) is 5.89 Å². The molecule has 4 rings (SSSR count). The molecule has 0 saturated carbocycles. The highest BCUT2D eigenvalue weighted by Crippen LogP contribution is 2.41. The molecule has 0 unspecified atom stereocenters. The quantitative estimate of drug-likeness (QED) is 0.199. The summed E-state index contributed by atoms with van der Waals surface area (Å²) >= 11 is 6.38. The first kappa shape index (κ1) is 29.9. The van der Waals surface area contributed by atoms with Crippen LogP contribution in [0.5, 0.6) is 5.75 Å². The average molecular weight is 589 g/mol. The van der Waals surface area contributed by atoms with E-state index >= 15 is 0 Å². The van der Waals surface area contributed by atoms with E-state index in [9.17, 15) is 18.0 Å². The van der Waals surface area contributed by atoms with Crippen LogP contribution in [0.1, 0.15) is 39.7 Å². The zero-order valence-corrected chi connectivity index (χ0v) is 23.6. The normalized spacial score (nSPS) is 11.8. The number of hydrogen-bond donors (Lipinski definition) is 1. The van der Waals surface area contributed by atoms with Crippen LogP contribution in [0, 0.1) is 0 Å². The third-order valence-electron chi connectivity index (χ3n) is 5.62. The molecule has 8 nitrogen and oxygen atoms in total. The average Bonchev–Trinajstić information content (AvgIpc) is 3.39. The van der Waals surface area contributed by atoms with Crippen LogP contribution >= 0.6 is 11.6 Å². The molecule has 41 heavy (non-hydrogen) atoms. The van der Waals surface area contributed by atoms with E-state index in [2.05, 4.69) is 20.4 Å². The highest BCUT2D eigenvalue weighted by Gasteiger charge is 2.34. The minimum absolute atomic E-state index is 0.00160. The van der Waals surface area contributed by atoms with Crippen molar-refractivity contribution in [3.8, 4) is 39.7 Å². The highest BCUT2D eigenvalue weighted by atomic mass is 35.5. The smallest absolute Gasteiger partial charge is 0.417 e. The molecule has 12 heteroatoms. The topological polar surface area (TPSA) is 99.4 Å². The van der Waals surface area contributed by atoms with Crippen LogP contribution in [0.3, 0.4) is 0 Å². The predicted octanol–water partition coefficient (Wildman–Crippen LogP) is 7.68. The molecular formula is C29H28ClF3N4O4. The molecule has 216 valence electrons. The number of rotatable bonds is 9. The minimum Gasteiger partial charge on any atom is -0.493 e. The van der Waals surface area contributed by atoms with E-state index in [-0.39, 0.29) is 59.2 Å². The predicted molar refractivity (Wildman–Crippen MR) is 149 cm³/mol. The Labute approximate surface area is 239 Å². The summed E-state index contributed by atoms with van der Waals surface area (Å²) < 4.78 is 57.3. The lowest BCUT2D eigenvalue weighted by Gasteiger charge is -2.19. The van der Waals surface area contributed by atoms with E-state index < -0.39 is 17.3 Å². The maximum atomic E-state index is 13.6. The van der Waals surface area contributed by atoms with E-state index in [4.69, 9.17) is 25.6 Å². The van der Waals surface area contributed by atoms with Crippen LogP contribution in [0.2, 0.25) is 5.02 Å². The zero-order valence-electron chi connectivity index (χ0n) is 22.8. The van der Waals surface area contributed by atoms with Crippen molar-refractivity contribution in [1.82, 2.24) is 15.1 Å². The van der Waals surface area contributed by atoms with E-state index in [1.165, 1.54) is 24.4 Å². The number of nitrogens with zero attached hydrogens (tertiary/aromatic N) is 3. The molecular weight excluding hydrogens is 561 g/mol. The number of carbonyl (C=O) groups is 1. The number of carbonyl (C=O) groups excluding carboxylic acids is 1. The fraction of sp³-hybridized carbons (Fsp3) is 0.310.